The topological polar surface area (TPSA) is 17.1 Å². The van der Waals surface area contributed by atoms with E-state index < -0.39 is 28.8 Å². The number of aryl methyl sites for hydroxylation is 1. The second-order valence-corrected chi connectivity index (χ2v) is 4.84. The molecule has 0 spiro atoms. The van der Waals surface area contributed by atoms with Crippen molar-refractivity contribution >= 4 is 21.7 Å². The van der Waals surface area contributed by atoms with E-state index in [1.165, 1.54) is 31.2 Å². The van der Waals surface area contributed by atoms with Crippen molar-refractivity contribution < 1.29 is 18.0 Å². The summed E-state index contributed by atoms with van der Waals surface area (Å²) in [6.07, 6.45) is 0. The van der Waals surface area contributed by atoms with Crippen molar-refractivity contribution in [1.29, 1.82) is 0 Å². The minimum absolute atomic E-state index is 0.0868. The molecule has 2 rings (SSSR count). The normalized spacial score (nSPS) is 10.6. The van der Waals surface area contributed by atoms with Gasteiger partial charge in [-0.05, 0) is 46.6 Å². The molecule has 0 N–H and O–H groups in total. The third-order valence-corrected chi connectivity index (χ3v) is 3.33. The van der Waals surface area contributed by atoms with Gasteiger partial charge in [-0.15, -0.1) is 0 Å². The van der Waals surface area contributed by atoms with Crippen molar-refractivity contribution in [2.45, 2.75) is 6.92 Å². The second-order valence-electron chi connectivity index (χ2n) is 3.99. The summed E-state index contributed by atoms with van der Waals surface area (Å²) >= 11 is 2.94. The molecule has 0 heterocycles. The number of carbonyl (C=O) groups excluding carboxylic acids is 1. The van der Waals surface area contributed by atoms with Crippen molar-refractivity contribution in [3.63, 3.8) is 0 Å². The van der Waals surface area contributed by atoms with Gasteiger partial charge in [0.05, 0.1) is 15.6 Å². The average molecular weight is 329 g/mol. The molecule has 0 bridgehead atoms. The van der Waals surface area contributed by atoms with Gasteiger partial charge in [0.1, 0.15) is 5.82 Å². The lowest BCUT2D eigenvalue weighted by Gasteiger charge is -2.07. The Balaban J connectivity index is 2.57. The van der Waals surface area contributed by atoms with E-state index >= 15 is 0 Å². The molecule has 0 fully saturated rings. The summed E-state index contributed by atoms with van der Waals surface area (Å²) in [4.78, 5) is 12.0. The Morgan fingerprint density at radius 2 is 1.58 bits per heavy atom. The van der Waals surface area contributed by atoms with Crippen LogP contribution < -0.4 is 0 Å². The molecule has 0 aromatic heterocycles. The van der Waals surface area contributed by atoms with Crippen molar-refractivity contribution in [2.24, 2.45) is 0 Å². The highest BCUT2D eigenvalue weighted by molar-refractivity contribution is 9.10. The predicted molar refractivity (Wildman–Crippen MR) is 68.6 cm³/mol. The standard InChI is InChI=1S/C14H8BrF3O/c1-7-5-6-9(13(18)11(7)16)14(19)8-3-2-4-10(15)12(8)17/h2-6H,1H3. The lowest BCUT2D eigenvalue weighted by molar-refractivity contribution is 0.103. The van der Waals surface area contributed by atoms with Crippen LogP contribution in [0.3, 0.4) is 0 Å². The highest BCUT2D eigenvalue weighted by Gasteiger charge is 2.21. The molecule has 0 saturated heterocycles. The first kappa shape index (κ1) is 13.8. The highest BCUT2D eigenvalue weighted by Crippen LogP contribution is 2.23. The SMILES string of the molecule is Cc1ccc(C(=O)c2cccc(Br)c2F)c(F)c1F. The molecule has 0 aliphatic heterocycles. The average Bonchev–Trinajstić information content (AvgIpc) is 2.39. The minimum Gasteiger partial charge on any atom is -0.288 e. The van der Waals surface area contributed by atoms with Gasteiger partial charge >= 0.3 is 0 Å². The molecular formula is C14H8BrF3O. The lowest BCUT2D eigenvalue weighted by Crippen LogP contribution is -2.09. The summed E-state index contributed by atoms with van der Waals surface area (Å²) in [6, 6.07) is 6.51. The maximum absolute atomic E-state index is 13.8. The molecule has 98 valence electrons. The number of hydrogen-bond acceptors (Lipinski definition) is 1. The van der Waals surface area contributed by atoms with Gasteiger partial charge in [0.25, 0.3) is 0 Å². The van der Waals surface area contributed by atoms with E-state index in [9.17, 15) is 18.0 Å². The summed E-state index contributed by atoms with van der Waals surface area (Å²) in [6.45, 7) is 1.38. The fourth-order valence-corrected chi connectivity index (χ4v) is 2.01. The molecule has 0 amide bonds. The monoisotopic (exact) mass is 328 g/mol. The number of ketones is 1. The van der Waals surface area contributed by atoms with Crippen molar-refractivity contribution in [1.82, 2.24) is 0 Å². The Morgan fingerprint density at radius 3 is 2.26 bits per heavy atom. The molecule has 0 saturated carbocycles. The van der Waals surface area contributed by atoms with E-state index in [4.69, 9.17) is 0 Å². The van der Waals surface area contributed by atoms with E-state index in [-0.39, 0.29) is 15.6 Å². The predicted octanol–water partition coefficient (Wildman–Crippen LogP) is 4.41. The second kappa shape index (κ2) is 5.17. The van der Waals surface area contributed by atoms with Crippen LogP contribution in [0, 0.1) is 24.4 Å². The smallest absolute Gasteiger partial charge is 0.199 e. The number of carbonyl (C=O) groups is 1. The van der Waals surface area contributed by atoms with Gasteiger partial charge < -0.3 is 0 Å². The van der Waals surface area contributed by atoms with Crippen LogP contribution in [0.2, 0.25) is 0 Å². The molecular weight excluding hydrogens is 321 g/mol. The number of hydrogen-bond donors (Lipinski definition) is 0. The third-order valence-electron chi connectivity index (χ3n) is 2.72. The van der Waals surface area contributed by atoms with Gasteiger partial charge in [-0.2, -0.15) is 0 Å². The molecule has 0 radical (unpaired) electrons. The van der Waals surface area contributed by atoms with E-state index in [1.807, 2.05) is 0 Å². The summed E-state index contributed by atoms with van der Waals surface area (Å²) in [5.41, 5.74) is -0.708. The zero-order chi connectivity index (χ0) is 14.2. The van der Waals surface area contributed by atoms with Gasteiger partial charge in [-0.3, -0.25) is 4.79 Å². The molecule has 2 aromatic carbocycles. The highest BCUT2D eigenvalue weighted by atomic mass is 79.9. The molecule has 0 unspecified atom stereocenters. The Bertz CT molecular complexity index is 668. The fraction of sp³-hybridized carbons (Fsp3) is 0.0714. The summed E-state index contributed by atoms with van der Waals surface area (Å²) in [7, 11) is 0. The number of halogens is 4. The van der Waals surface area contributed by atoms with Gasteiger partial charge in [0.15, 0.2) is 17.4 Å². The molecule has 5 heteroatoms. The van der Waals surface area contributed by atoms with Crippen LogP contribution in [0.5, 0.6) is 0 Å². The van der Waals surface area contributed by atoms with E-state index in [2.05, 4.69) is 15.9 Å². The largest absolute Gasteiger partial charge is 0.288 e. The van der Waals surface area contributed by atoms with Crippen molar-refractivity contribution in [3.05, 3.63) is 68.9 Å². The van der Waals surface area contributed by atoms with Crippen LogP contribution in [0.25, 0.3) is 0 Å². The summed E-state index contributed by atoms with van der Waals surface area (Å²) in [5, 5.41) is 0. The van der Waals surface area contributed by atoms with Crippen LogP contribution >= 0.6 is 15.9 Å². The van der Waals surface area contributed by atoms with Crippen LogP contribution in [-0.4, -0.2) is 5.78 Å². The molecule has 0 atom stereocenters. The van der Waals surface area contributed by atoms with Crippen LogP contribution in [0.15, 0.2) is 34.8 Å². The first-order chi connectivity index (χ1) is 8.93. The van der Waals surface area contributed by atoms with E-state index in [0.717, 1.165) is 6.07 Å². The van der Waals surface area contributed by atoms with Gasteiger partial charge in [-0.1, -0.05) is 12.1 Å². The first-order valence-corrected chi connectivity index (χ1v) is 6.16. The molecule has 19 heavy (non-hydrogen) atoms. The van der Waals surface area contributed by atoms with E-state index in [0.29, 0.717) is 0 Å². The quantitative estimate of drug-likeness (QED) is 0.746. The van der Waals surface area contributed by atoms with Crippen LogP contribution in [0.4, 0.5) is 13.2 Å². The number of rotatable bonds is 2. The van der Waals surface area contributed by atoms with Crippen molar-refractivity contribution in [3.8, 4) is 0 Å². The zero-order valence-corrected chi connectivity index (χ0v) is 11.4. The van der Waals surface area contributed by atoms with Crippen molar-refractivity contribution in [2.75, 3.05) is 0 Å². The lowest BCUT2D eigenvalue weighted by atomic mass is 10.0. The van der Waals surface area contributed by atoms with E-state index in [1.54, 1.807) is 0 Å². The molecule has 0 aliphatic rings. The van der Waals surface area contributed by atoms with Crippen LogP contribution in [-0.2, 0) is 0 Å². The minimum atomic E-state index is -1.26. The Labute approximate surface area is 116 Å². The van der Waals surface area contributed by atoms with Gasteiger partial charge in [0, 0.05) is 0 Å². The van der Waals surface area contributed by atoms with Gasteiger partial charge in [-0.25, -0.2) is 13.2 Å². The Hall–Kier alpha value is -1.62. The fourth-order valence-electron chi connectivity index (χ4n) is 1.65. The summed E-state index contributed by atoms with van der Waals surface area (Å²) in [5.74, 6) is -4.05. The number of benzene rings is 2. The Morgan fingerprint density at radius 1 is 0.947 bits per heavy atom. The summed E-state index contributed by atoms with van der Waals surface area (Å²) < 4.78 is 41.0. The third kappa shape index (κ3) is 2.42. The van der Waals surface area contributed by atoms with Crippen LogP contribution in [0.1, 0.15) is 21.5 Å². The molecule has 1 nitrogen and oxygen atoms in total. The molecule has 0 aliphatic carbocycles. The van der Waals surface area contributed by atoms with Gasteiger partial charge in [0.2, 0.25) is 0 Å². The zero-order valence-electron chi connectivity index (χ0n) is 9.81. The maximum Gasteiger partial charge on any atom is 0.199 e. The maximum atomic E-state index is 13.8. The molecule has 2 aromatic rings. The first-order valence-electron chi connectivity index (χ1n) is 5.36. The Kier molecular flexibility index (Phi) is 3.75.